The predicted octanol–water partition coefficient (Wildman–Crippen LogP) is 0.652. The van der Waals surface area contributed by atoms with Crippen LogP contribution in [0.2, 0.25) is 0 Å². The van der Waals surface area contributed by atoms with Crippen LogP contribution in [0.15, 0.2) is 63.3 Å². The number of nitrogens with one attached hydrogen (secondary N) is 3. The molecule has 9 aromatic rings. The number of anilines is 3. The Balaban J connectivity index is 0.635. The molecule has 0 radical (unpaired) electrons. The van der Waals surface area contributed by atoms with Gasteiger partial charge in [0.25, 0.3) is 16.7 Å². The number of aromatic amines is 3. The molecule has 9 unspecified atom stereocenters. The van der Waals surface area contributed by atoms with Gasteiger partial charge in [0.05, 0.1) is 82.3 Å². The summed E-state index contributed by atoms with van der Waals surface area (Å²) >= 11 is 21.7. The number of rotatable bonds is 26. The van der Waals surface area contributed by atoms with Crippen LogP contribution in [-0.2, 0) is 114 Å². The van der Waals surface area contributed by atoms with Gasteiger partial charge in [-0.3, -0.25) is 65.3 Å². The first-order valence-corrected chi connectivity index (χ1v) is 45.0. The average molecular weight is 1710 g/mol. The quantitative estimate of drug-likeness (QED) is 0.0262. The molecule has 0 saturated carbocycles. The van der Waals surface area contributed by atoms with Crippen molar-refractivity contribution in [2.24, 2.45) is 0 Å². The predicted molar refractivity (Wildman–Crippen MR) is 395 cm³/mol. The zero-order valence-corrected chi connectivity index (χ0v) is 66.1. The summed E-state index contributed by atoms with van der Waals surface area (Å²) in [5.41, 5.74) is 10.7. The van der Waals surface area contributed by atoms with Crippen LogP contribution in [-0.4, -0.2) is 230 Å². The number of H-pyrrole nitrogens is 3. The highest BCUT2D eigenvalue weighted by Gasteiger charge is 2.72. The van der Waals surface area contributed by atoms with E-state index in [0.29, 0.717) is 17.6 Å². The number of nitrogens with zero attached hydrogens (tertiary/aromatic N) is 15. The van der Waals surface area contributed by atoms with Gasteiger partial charge in [0.1, 0.15) is 108 Å². The number of aryl methyl sites for hydroxylation is 2. The fraction of sp³-hybridized carbons (Fsp3) is 0.586. The van der Waals surface area contributed by atoms with E-state index >= 15 is 4.57 Å². The first-order valence-electron chi connectivity index (χ1n) is 34.5. The number of ether oxygens (including phenoxy) is 8. The van der Waals surface area contributed by atoms with Gasteiger partial charge in [0.15, 0.2) is 63.9 Å². The van der Waals surface area contributed by atoms with E-state index in [1.165, 1.54) is 71.7 Å². The Hall–Kier alpha value is -6.39. The highest BCUT2D eigenvalue weighted by molar-refractivity contribution is 8.44. The van der Waals surface area contributed by atoms with Crippen LogP contribution in [0.1, 0.15) is 89.5 Å². The standard InChI is InChI=1S/C58H71N21O25P4S4/c1-7-26-27(8-30(96-26)76-17-66-32-42(59)62-15-64-44(32)76)101-105(85,109)89-11-29-28(9-31(97-29)77-18-67-33-43(60)63-16-65-45(33)77)102-106(86,110)91-13-58-24(5)95-38(53(100-58)79-20-69-35-47(79)72-54(61)73-50(35)83)41(58)104-108(88,112)92-14-57-23(4)94-37(52(99-57)75-10-21(2)48(81)74-55(75)84)40(57)103-107(87,111)90-12-56-22(3)93-36(39(56)80)51(98-56)78-19-68-34-46(78)70-25(6)71-49(34)82/h10,15-20,22-24,26-31,36-41,51-53,80H,7-9,11-14H2,1-6H3,(H,85,109)(H,86,110)(H,87,111)(H,88,112)(H2,59,62,64)(H2,60,63,65)(H,70,71,82)(H,74,81,84)(H3,61,72,73,83)/t22-,23-,24-,26+,27?,28?,29+,30+,31+,36-,37-,38-,39?,40?,41?,51+,52+,53+,56+,57+,58+,105?,106?,107?,108?/m0/s1. The van der Waals surface area contributed by atoms with Crippen molar-refractivity contribution in [3.8, 4) is 0 Å². The van der Waals surface area contributed by atoms with E-state index in [1.54, 1.807) is 25.3 Å². The highest BCUT2D eigenvalue weighted by atomic mass is 32.7. The summed E-state index contributed by atoms with van der Waals surface area (Å²) in [5, 5.41) is 11.9. The molecule has 8 saturated heterocycles. The lowest BCUT2D eigenvalue weighted by atomic mass is 9.94. The first kappa shape index (κ1) is 78.1. The minimum absolute atomic E-state index is 0.00853. The summed E-state index contributed by atoms with van der Waals surface area (Å²) in [6, 6.07) is 0. The molecule has 0 aliphatic carbocycles. The molecule has 0 spiro atoms. The van der Waals surface area contributed by atoms with Crippen molar-refractivity contribution >= 4 is 137 Å². The molecule has 13 N–H and O–H groups in total. The molecule has 0 amide bonds. The number of imidazole rings is 4. The molecular weight excluding hydrogens is 1640 g/mol. The van der Waals surface area contributed by atoms with Crippen molar-refractivity contribution in [2.45, 2.75) is 188 Å². The third-order valence-corrected chi connectivity index (χ3v) is 27.6. The van der Waals surface area contributed by atoms with E-state index < -0.39 is 203 Å². The van der Waals surface area contributed by atoms with Crippen LogP contribution in [0.25, 0.3) is 44.7 Å². The fourth-order valence-electron chi connectivity index (χ4n) is 15.7. The van der Waals surface area contributed by atoms with Gasteiger partial charge < -0.3 is 98.0 Å². The van der Waals surface area contributed by atoms with Crippen molar-refractivity contribution in [3.63, 3.8) is 0 Å². The van der Waals surface area contributed by atoms with E-state index in [2.05, 4.69) is 77.0 Å². The van der Waals surface area contributed by atoms with Crippen molar-refractivity contribution in [2.75, 3.05) is 43.6 Å². The molecule has 0 aromatic carbocycles. The Kier molecular flexibility index (Phi) is 19.9. The SMILES string of the molecule is CC[C@H]1O[C@@H](n2cnc3c(N)ncnc32)CC1OP(O)(=S)OC[C@H]1O[C@@H](n2cnc3c(N)ncnc32)CC1OP(=O)(S)OC[C@@]12O[C@@H](n3cnc4c(=O)[nH]c(N)nc43)[C@@H](O[C@H]1C)C2OP(O)(=S)OC[C@@]12O[C@@H](n3cc(C)c(=O)[nH]c3=O)[C@@H](O[C@H]1C)C2OP(O)(=S)OC[C@@]12O[C@@H](n3cnc4c(=O)[nH]c(C)nc43)[C@@H](O[C@H]1C)C2O. The Labute approximate surface area is 648 Å². The summed E-state index contributed by atoms with van der Waals surface area (Å²) in [5.74, 6) is 0.194. The smallest absolute Gasteiger partial charge is 0.386 e. The molecule has 17 rings (SSSR count). The number of aliphatic hydroxyl groups excluding tert-OH is 1. The van der Waals surface area contributed by atoms with Gasteiger partial charge >= 0.3 is 32.6 Å². The molecular formula is C58H71N21O25P4S4. The molecule has 8 aliphatic heterocycles. The van der Waals surface area contributed by atoms with Gasteiger partial charge in [-0.2, -0.15) is 4.98 Å². The maximum absolute atomic E-state index is 15.2. The second kappa shape index (κ2) is 28.5. The van der Waals surface area contributed by atoms with Crippen molar-refractivity contribution in [3.05, 3.63) is 97.1 Å². The summed E-state index contributed by atoms with van der Waals surface area (Å²) in [4.78, 5) is 139. The zero-order chi connectivity index (χ0) is 79.0. The van der Waals surface area contributed by atoms with Crippen molar-refractivity contribution in [1.82, 2.24) is 87.6 Å². The Morgan fingerprint density at radius 2 is 1.02 bits per heavy atom. The second-order valence-electron chi connectivity index (χ2n) is 27.9. The van der Waals surface area contributed by atoms with Gasteiger partial charge in [-0.25, -0.2) is 54.2 Å². The van der Waals surface area contributed by atoms with Crippen LogP contribution in [0.3, 0.4) is 0 Å². The topological polar surface area (TPSA) is 593 Å². The number of thiol groups is 1. The van der Waals surface area contributed by atoms with Gasteiger partial charge in [-0.15, -0.1) is 0 Å². The van der Waals surface area contributed by atoms with Crippen molar-refractivity contribution < 1.29 is 98.4 Å². The number of nitrogens with two attached hydrogens (primary N) is 3. The molecule has 6 bridgehead atoms. The van der Waals surface area contributed by atoms with E-state index in [-0.39, 0.29) is 75.3 Å². The largest absolute Gasteiger partial charge is 0.387 e. The Morgan fingerprint density at radius 1 is 0.554 bits per heavy atom. The van der Waals surface area contributed by atoms with Crippen molar-refractivity contribution in [1.29, 1.82) is 0 Å². The van der Waals surface area contributed by atoms with E-state index in [9.17, 15) is 39.0 Å². The van der Waals surface area contributed by atoms with Crippen LogP contribution in [0.4, 0.5) is 17.6 Å². The van der Waals surface area contributed by atoms with Gasteiger partial charge in [-0.05, 0) is 76.5 Å². The summed E-state index contributed by atoms with van der Waals surface area (Å²) in [7, 11) is 0. The molecule has 9 aromatic heterocycles. The molecule has 17 heterocycles. The lowest BCUT2D eigenvalue weighted by Gasteiger charge is -2.38. The maximum Gasteiger partial charge on any atom is 0.386 e. The number of nitrogen functional groups attached to an aromatic ring is 3. The summed E-state index contributed by atoms with van der Waals surface area (Å²) < 4.78 is 124. The van der Waals surface area contributed by atoms with Crippen LogP contribution in [0, 0.1) is 13.8 Å². The summed E-state index contributed by atoms with van der Waals surface area (Å²) in [6.45, 7) is -11.9. The molecule has 25 atom stereocenters. The van der Waals surface area contributed by atoms with Gasteiger partial charge in [-0.1, -0.05) is 19.2 Å². The van der Waals surface area contributed by atoms with Crippen LogP contribution < -0.4 is 39.6 Å². The fourth-order valence-corrected chi connectivity index (χ4v) is 21.6. The number of hydrogen-bond donors (Lipinski definition) is 11. The number of hydrogen-bond acceptors (Lipinski definition) is 38. The van der Waals surface area contributed by atoms with Gasteiger partial charge in [0.2, 0.25) is 5.95 Å². The number of aromatic nitrogens is 18. The van der Waals surface area contributed by atoms with Crippen LogP contribution in [0.5, 0.6) is 0 Å². The minimum atomic E-state index is -4.86. The maximum atomic E-state index is 15.2. The minimum Gasteiger partial charge on any atom is -0.387 e. The number of aliphatic hydroxyl groups is 1. The third-order valence-electron chi connectivity index (χ3n) is 21.3. The highest BCUT2D eigenvalue weighted by Crippen LogP contribution is 2.64. The van der Waals surface area contributed by atoms with E-state index in [1.807, 2.05) is 6.92 Å². The monoisotopic (exact) mass is 1710 g/mol. The molecule has 112 heavy (non-hydrogen) atoms. The third kappa shape index (κ3) is 13.4. The van der Waals surface area contributed by atoms with Crippen LogP contribution >= 0.6 is 39.2 Å². The molecule has 602 valence electrons. The molecule has 46 nitrogen and oxygen atoms in total. The molecule has 54 heteroatoms. The number of fused-ring (bicyclic) bond motifs is 10. The van der Waals surface area contributed by atoms with Gasteiger partial charge in [0, 0.05) is 24.6 Å². The second-order valence-corrected chi connectivity index (χ2v) is 39.2. The Morgan fingerprint density at radius 3 is 1.60 bits per heavy atom. The normalized spacial score (nSPS) is 34.9. The lowest BCUT2D eigenvalue weighted by molar-refractivity contribution is -0.218. The van der Waals surface area contributed by atoms with E-state index in [0.717, 1.165) is 4.57 Å². The first-order chi connectivity index (χ1) is 53.1. The lowest BCUT2D eigenvalue weighted by Crippen LogP contribution is -2.52. The summed E-state index contributed by atoms with van der Waals surface area (Å²) in [6.07, 6.45) is -11.8. The zero-order valence-electron chi connectivity index (χ0n) is 59.1. The van der Waals surface area contributed by atoms with E-state index in [4.69, 9.17) is 127 Å². The molecule has 8 aliphatic rings. The average Bonchev–Trinajstić information content (AvgIpc) is 1.55. The Bertz CT molecular complexity index is 5720. The molecule has 8 fully saturated rings.